The Kier molecular flexibility index (Phi) is 3.98. The fourth-order valence-electron chi connectivity index (χ4n) is 2.38. The third-order valence-corrected chi connectivity index (χ3v) is 4.93. The Morgan fingerprint density at radius 2 is 1.95 bits per heavy atom. The first-order valence-electron chi connectivity index (χ1n) is 7.11. The molecule has 0 spiro atoms. The van der Waals surface area contributed by atoms with E-state index in [1.807, 2.05) is 24.3 Å². The van der Waals surface area contributed by atoms with E-state index in [1.54, 1.807) is 13.2 Å². The van der Waals surface area contributed by atoms with Gasteiger partial charge in [-0.25, -0.2) is 0 Å². The molecule has 0 unspecified atom stereocenters. The summed E-state index contributed by atoms with van der Waals surface area (Å²) in [4.78, 5) is 24.8. The molecule has 3 rings (SSSR count). The third-order valence-electron chi connectivity index (χ3n) is 3.69. The molecule has 1 N–H and O–H groups in total. The monoisotopic (exact) mass is 316 g/mol. The van der Waals surface area contributed by atoms with Crippen LogP contribution in [-0.2, 0) is 11.2 Å². The topological polar surface area (TPSA) is 63.6 Å². The molecule has 2 aromatic rings. The molecule has 5 heteroatoms. The average Bonchev–Trinajstić information content (AvgIpc) is 3.28. The number of benzene rings is 1. The third kappa shape index (κ3) is 3.04. The molecular formula is C17H16O4S. The van der Waals surface area contributed by atoms with E-state index in [0.717, 1.165) is 29.0 Å². The number of hydrogen-bond acceptors (Lipinski definition) is 4. The van der Waals surface area contributed by atoms with Gasteiger partial charge in [-0.2, -0.15) is 0 Å². The van der Waals surface area contributed by atoms with Gasteiger partial charge in [0.25, 0.3) is 0 Å². The molecular weight excluding hydrogens is 300 g/mol. The highest BCUT2D eigenvalue weighted by Gasteiger charge is 2.32. The number of carbonyl (C=O) groups excluding carboxylic acids is 1. The number of carbonyl (C=O) groups is 2. The number of thiophene rings is 1. The number of carboxylic acids is 1. The van der Waals surface area contributed by atoms with Gasteiger partial charge in [-0.05, 0) is 54.3 Å². The van der Waals surface area contributed by atoms with E-state index in [4.69, 9.17) is 9.84 Å². The summed E-state index contributed by atoms with van der Waals surface area (Å²) >= 11 is 1.39. The first kappa shape index (κ1) is 14.8. The second kappa shape index (κ2) is 5.93. The molecule has 0 amide bonds. The van der Waals surface area contributed by atoms with Crippen LogP contribution < -0.4 is 4.74 Å². The molecule has 0 aliphatic heterocycles. The Hall–Kier alpha value is -2.14. The Morgan fingerprint density at radius 1 is 1.27 bits per heavy atom. The zero-order chi connectivity index (χ0) is 15.7. The molecule has 1 heterocycles. The summed E-state index contributed by atoms with van der Waals surface area (Å²) in [5, 5.41) is 9.09. The van der Waals surface area contributed by atoms with Crippen molar-refractivity contribution in [2.75, 3.05) is 7.11 Å². The van der Waals surface area contributed by atoms with Crippen LogP contribution in [0.5, 0.6) is 5.75 Å². The summed E-state index contributed by atoms with van der Waals surface area (Å²) in [7, 11) is 1.60. The normalized spacial score (nSPS) is 13.9. The van der Waals surface area contributed by atoms with Crippen LogP contribution in [0.4, 0.5) is 0 Å². The number of ketones is 1. The Labute approximate surface area is 132 Å². The van der Waals surface area contributed by atoms with Gasteiger partial charge in [0, 0.05) is 10.8 Å². The minimum atomic E-state index is -0.891. The van der Waals surface area contributed by atoms with E-state index in [-0.39, 0.29) is 18.1 Å². The van der Waals surface area contributed by atoms with Gasteiger partial charge in [-0.1, -0.05) is 0 Å². The highest BCUT2D eigenvalue weighted by molar-refractivity contribution is 7.17. The van der Waals surface area contributed by atoms with Crippen LogP contribution in [0, 0.1) is 5.92 Å². The first-order valence-corrected chi connectivity index (χ1v) is 7.93. The molecule has 1 fully saturated rings. The average molecular weight is 316 g/mol. The molecule has 1 aliphatic carbocycles. The van der Waals surface area contributed by atoms with Gasteiger partial charge in [0.15, 0.2) is 5.78 Å². The van der Waals surface area contributed by atoms with Gasteiger partial charge in [0.2, 0.25) is 0 Å². The number of ether oxygens (including phenoxy) is 1. The van der Waals surface area contributed by atoms with Crippen LogP contribution in [0.15, 0.2) is 30.3 Å². The van der Waals surface area contributed by atoms with Gasteiger partial charge < -0.3 is 9.84 Å². The zero-order valence-corrected chi connectivity index (χ0v) is 13.0. The lowest BCUT2D eigenvalue weighted by atomic mass is 10.1. The van der Waals surface area contributed by atoms with Crippen molar-refractivity contribution in [3.8, 4) is 16.2 Å². The fourth-order valence-corrected chi connectivity index (χ4v) is 3.58. The van der Waals surface area contributed by atoms with E-state index in [2.05, 4.69) is 0 Å². The molecule has 22 heavy (non-hydrogen) atoms. The van der Waals surface area contributed by atoms with Crippen molar-refractivity contribution >= 4 is 23.1 Å². The second-order valence-corrected chi connectivity index (χ2v) is 6.45. The van der Waals surface area contributed by atoms with E-state index in [0.29, 0.717) is 10.4 Å². The molecule has 0 atom stereocenters. The number of Topliss-reactive ketones (excluding diaryl/α,β-unsaturated/α-hetero) is 1. The summed E-state index contributed by atoms with van der Waals surface area (Å²) in [6, 6.07) is 9.20. The van der Waals surface area contributed by atoms with Gasteiger partial charge in [-0.15, -0.1) is 11.3 Å². The van der Waals surface area contributed by atoms with Gasteiger partial charge in [-0.3, -0.25) is 9.59 Å². The number of aliphatic carboxylic acids is 1. The molecule has 1 saturated carbocycles. The molecule has 0 saturated heterocycles. The number of hydrogen-bond donors (Lipinski definition) is 1. The highest BCUT2D eigenvalue weighted by atomic mass is 32.1. The van der Waals surface area contributed by atoms with Crippen molar-refractivity contribution in [1.82, 2.24) is 0 Å². The van der Waals surface area contributed by atoms with E-state index in [9.17, 15) is 9.59 Å². The summed E-state index contributed by atoms with van der Waals surface area (Å²) in [5.41, 5.74) is 1.61. The Balaban J connectivity index is 1.98. The van der Waals surface area contributed by atoms with Crippen molar-refractivity contribution < 1.29 is 19.4 Å². The Bertz CT molecular complexity index is 711. The largest absolute Gasteiger partial charge is 0.497 e. The lowest BCUT2D eigenvalue weighted by molar-refractivity contribution is -0.136. The van der Waals surface area contributed by atoms with Crippen molar-refractivity contribution in [2.45, 2.75) is 19.3 Å². The SMILES string of the molecule is COc1ccc(-c2sc(C(=O)C3CC3)cc2CC(=O)O)cc1. The predicted octanol–water partition coefficient (Wildman–Crippen LogP) is 3.64. The Morgan fingerprint density at radius 3 is 2.50 bits per heavy atom. The summed E-state index contributed by atoms with van der Waals surface area (Å²) in [6.45, 7) is 0. The molecule has 0 bridgehead atoms. The number of methoxy groups -OCH3 is 1. The minimum absolute atomic E-state index is 0.0736. The molecule has 1 aromatic heterocycles. The van der Waals surface area contributed by atoms with E-state index >= 15 is 0 Å². The van der Waals surface area contributed by atoms with Gasteiger partial charge in [0.05, 0.1) is 18.4 Å². The maximum atomic E-state index is 12.2. The summed E-state index contributed by atoms with van der Waals surface area (Å²) in [5.74, 6) is 0.142. The van der Waals surface area contributed by atoms with E-state index < -0.39 is 5.97 Å². The standard InChI is InChI=1S/C17H16O4S/c1-21-13-6-4-11(5-7-13)17-12(9-15(18)19)8-14(22-17)16(20)10-2-3-10/h4-8,10H,2-3,9H2,1H3,(H,18,19). The predicted molar refractivity (Wildman–Crippen MR) is 84.7 cm³/mol. The van der Waals surface area contributed by atoms with Crippen LogP contribution in [0.2, 0.25) is 0 Å². The molecule has 1 aliphatic rings. The fraction of sp³-hybridized carbons (Fsp3) is 0.294. The minimum Gasteiger partial charge on any atom is -0.497 e. The van der Waals surface area contributed by atoms with Crippen LogP contribution in [0.1, 0.15) is 28.1 Å². The van der Waals surface area contributed by atoms with Crippen LogP contribution in [0.3, 0.4) is 0 Å². The molecule has 0 radical (unpaired) electrons. The van der Waals surface area contributed by atoms with Crippen LogP contribution in [0.25, 0.3) is 10.4 Å². The molecule has 4 nitrogen and oxygen atoms in total. The van der Waals surface area contributed by atoms with Crippen LogP contribution in [-0.4, -0.2) is 24.0 Å². The smallest absolute Gasteiger partial charge is 0.307 e. The number of rotatable bonds is 6. The van der Waals surface area contributed by atoms with Crippen molar-refractivity contribution in [3.05, 3.63) is 40.8 Å². The maximum absolute atomic E-state index is 12.2. The zero-order valence-electron chi connectivity index (χ0n) is 12.2. The van der Waals surface area contributed by atoms with Crippen molar-refractivity contribution in [1.29, 1.82) is 0 Å². The van der Waals surface area contributed by atoms with Crippen LogP contribution >= 0.6 is 11.3 Å². The second-order valence-electron chi connectivity index (χ2n) is 5.40. The molecule has 114 valence electrons. The lowest BCUT2D eigenvalue weighted by Crippen LogP contribution is -2.00. The van der Waals surface area contributed by atoms with Crippen molar-refractivity contribution in [2.24, 2.45) is 5.92 Å². The first-order chi connectivity index (χ1) is 10.6. The van der Waals surface area contributed by atoms with Gasteiger partial charge in [0.1, 0.15) is 5.75 Å². The van der Waals surface area contributed by atoms with Crippen molar-refractivity contribution in [3.63, 3.8) is 0 Å². The summed E-state index contributed by atoms with van der Waals surface area (Å²) < 4.78 is 5.14. The van der Waals surface area contributed by atoms with E-state index in [1.165, 1.54) is 11.3 Å². The lowest BCUT2D eigenvalue weighted by Gasteiger charge is -2.03. The van der Waals surface area contributed by atoms with Gasteiger partial charge >= 0.3 is 5.97 Å². The quantitative estimate of drug-likeness (QED) is 0.826. The number of carboxylic acid groups (broad SMARTS) is 1. The highest BCUT2D eigenvalue weighted by Crippen LogP contribution is 2.39. The maximum Gasteiger partial charge on any atom is 0.307 e. The summed E-state index contributed by atoms with van der Waals surface area (Å²) in [6.07, 6.45) is 1.82. The molecule has 1 aromatic carbocycles.